The van der Waals surface area contributed by atoms with Crippen molar-refractivity contribution in [2.75, 3.05) is 26.3 Å². The molecule has 0 aromatic rings. The Morgan fingerprint density at radius 3 is 2.61 bits per heavy atom. The maximum Gasteiger partial charge on any atom is 0.312 e. The molecular formula is C14H25NO3. The van der Waals surface area contributed by atoms with Crippen molar-refractivity contribution in [2.45, 2.75) is 51.6 Å². The molecular weight excluding hydrogens is 230 g/mol. The predicted molar refractivity (Wildman–Crippen MR) is 69.4 cm³/mol. The number of esters is 1. The zero-order chi connectivity index (χ0) is 12.8. The predicted octanol–water partition coefficient (Wildman–Crippen LogP) is 1.88. The summed E-state index contributed by atoms with van der Waals surface area (Å²) < 4.78 is 11.0. The zero-order valence-electron chi connectivity index (χ0n) is 11.4. The number of hydrogen-bond acceptors (Lipinski definition) is 4. The Hall–Kier alpha value is -0.610. The van der Waals surface area contributed by atoms with E-state index in [1.165, 1.54) is 0 Å². The molecule has 104 valence electrons. The van der Waals surface area contributed by atoms with E-state index in [2.05, 4.69) is 12.2 Å². The summed E-state index contributed by atoms with van der Waals surface area (Å²) in [5, 5.41) is 3.33. The molecule has 0 spiro atoms. The summed E-state index contributed by atoms with van der Waals surface area (Å²) in [5.41, 5.74) is -0.224. The molecule has 0 unspecified atom stereocenters. The van der Waals surface area contributed by atoms with Gasteiger partial charge in [-0.25, -0.2) is 0 Å². The van der Waals surface area contributed by atoms with Crippen LogP contribution in [-0.4, -0.2) is 38.4 Å². The van der Waals surface area contributed by atoms with Gasteiger partial charge in [0.2, 0.25) is 0 Å². The standard InChI is InChI=1S/C14H25NO3/c1-2-5-14(6-8-15-9-7-14)13(16)18-12-3-10-17-11-4-12/h12,15H,2-11H2,1H3. The summed E-state index contributed by atoms with van der Waals surface area (Å²) >= 11 is 0. The van der Waals surface area contributed by atoms with E-state index in [9.17, 15) is 4.79 Å². The molecule has 0 radical (unpaired) electrons. The van der Waals surface area contributed by atoms with Gasteiger partial charge in [0.15, 0.2) is 0 Å². The first-order chi connectivity index (χ1) is 8.77. The van der Waals surface area contributed by atoms with E-state index >= 15 is 0 Å². The Morgan fingerprint density at radius 1 is 1.33 bits per heavy atom. The minimum absolute atomic E-state index is 0.0396. The number of piperidine rings is 1. The molecule has 2 heterocycles. The fraction of sp³-hybridized carbons (Fsp3) is 0.929. The summed E-state index contributed by atoms with van der Waals surface area (Å²) in [5.74, 6) is 0.0396. The number of carbonyl (C=O) groups excluding carboxylic acids is 1. The van der Waals surface area contributed by atoms with Crippen molar-refractivity contribution >= 4 is 5.97 Å². The first-order valence-electron chi connectivity index (χ1n) is 7.26. The average molecular weight is 255 g/mol. The van der Waals surface area contributed by atoms with Crippen LogP contribution in [0.25, 0.3) is 0 Å². The van der Waals surface area contributed by atoms with Gasteiger partial charge in [0.1, 0.15) is 6.10 Å². The van der Waals surface area contributed by atoms with Crippen LogP contribution in [0.5, 0.6) is 0 Å². The van der Waals surface area contributed by atoms with Gasteiger partial charge >= 0.3 is 5.97 Å². The number of hydrogen-bond donors (Lipinski definition) is 1. The summed E-state index contributed by atoms with van der Waals surface area (Å²) in [4.78, 5) is 12.5. The summed E-state index contributed by atoms with van der Waals surface area (Å²) in [6.07, 6.45) is 5.62. The molecule has 0 atom stereocenters. The summed E-state index contributed by atoms with van der Waals surface area (Å²) in [7, 11) is 0. The topological polar surface area (TPSA) is 47.6 Å². The Kier molecular flexibility index (Phi) is 5.01. The molecule has 2 aliphatic heterocycles. The molecule has 4 nitrogen and oxygen atoms in total. The fourth-order valence-corrected chi connectivity index (χ4v) is 3.01. The van der Waals surface area contributed by atoms with E-state index in [1.807, 2.05) is 0 Å². The summed E-state index contributed by atoms with van der Waals surface area (Å²) in [6, 6.07) is 0. The molecule has 2 rings (SSSR count). The normalized spacial score (nSPS) is 24.7. The molecule has 1 N–H and O–H groups in total. The second kappa shape index (κ2) is 6.53. The van der Waals surface area contributed by atoms with E-state index < -0.39 is 0 Å². The maximum absolute atomic E-state index is 12.5. The number of ether oxygens (including phenoxy) is 2. The van der Waals surface area contributed by atoms with Crippen molar-refractivity contribution in [3.63, 3.8) is 0 Å². The van der Waals surface area contributed by atoms with Gasteiger partial charge in [0.05, 0.1) is 18.6 Å². The summed E-state index contributed by atoms with van der Waals surface area (Å²) in [6.45, 7) is 5.46. The van der Waals surface area contributed by atoms with Gasteiger partial charge in [0.25, 0.3) is 0 Å². The molecule has 2 fully saturated rings. The molecule has 0 saturated carbocycles. The quantitative estimate of drug-likeness (QED) is 0.779. The van der Waals surface area contributed by atoms with E-state index in [0.29, 0.717) is 0 Å². The van der Waals surface area contributed by atoms with E-state index in [4.69, 9.17) is 9.47 Å². The second-order valence-corrected chi connectivity index (χ2v) is 5.50. The Morgan fingerprint density at radius 2 is 2.00 bits per heavy atom. The van der Waals surface area contributed by atoms with Crippen LogP contribution in [0.2, 0.25) is 0 Å². The lowest BCUT2D eigenvalue weighted by atomic mass is 9.75. The third kappa shape index (κ3) is 3.23. The van der Waals surface area contributed by atoms with Gasteiger partial charge < -0.3 is 14.8 Å². The van der Waals surface area contributed by atoms with Crippen molar-refractivity contribution in [2.24, 2.45) is 5.41 Å². The minimum Gasteiger partial charge on any atom is -0.462 e. The van der Waals surface area contributed by atoms with Crippen LogP contribution >= 0.6 is 0 Å². The maximum atomic E-state index is 12.5. The van der Waals surface area contributed by atoms with Gasteiger partial charge in [-0.05, 0) is 32.4 Å². The van der Waals surface area contributed by atoms with E-state index in [-0.39, 0.29) is 17.5 Å². The minimum atomic E-state index is -0.224. The average Bonchev–Trinajstić information content (AvgIpc) is 2.41. The van der Waals surface area contributed by atoms with Crippen molar-refractivity contribution < 1.29 is 14.3 Å². The first kappa shape index (κ1) is 13.8. The number of rotatable bonds is 4. The smallest absolute Gasteiger partial charge is 0.312 e. The Balaban J connectivity index is 1.94. The van der Waals surface area contributed by atoms with Crippen molar-refractivity contribution in [1.29, 1.82) is 0 Å². The van der Waals surface area contributed by atoms with Crippen molar-refractivity contribution in [3.05, 3.63) is 0 Å². The lowest BCUT2D eigenvalue weighted by Crippen LogP contribution is -2.44. The highest BCUT2D eigenvalue weighted by atomic mass is 16.6. The van der Waals surface area contributed by atoms with Crippen molar-refractivity contribution in [3.8, 4) is 0 Å². The molecule has 0 amide bonds. The third-order valence-corrected chi connectivity index (χ3v) is 4.16. The van der Waals surface area contributed by atoms with Crippen molar-refractivity contribution in [1.82, 2.24) is 5.32 Å². The third-order valence-electron chi connectivity index (χ3n) is 4.16. The van der Waals surface area contributed by atoms with Crippen LogP contribution in [0, 0.1) is 5.41 Å². The number of carbonyl (C=O) groups is 1. The highest BCUT2D eigenvalue weighted by Crippen LogP contribution is 2.36. The zero-order valence-corrected chi connectivity index (χ0v) is 11.4. The van der Waals surface area contributed by atoms with E-state index in [0.717, 1.165) is 64.8 Å². The lowest BCUT2D eigenvalue weighted by Gasteiger charge is -2.36. The van der Waals surface area contributed by atoms with Crippen LogP contribution in [0.15, 0.2) is 0 Å². The van der Waals surface area contributed by atoms with Crippen LogP contribution in [0.4, 0.5) is 0 Å². The van der Waals surface area contributed by atoms with Gasteiger partial charge in [0, 0.05) is 12.8 Å². The second-order valence-electron chi connectivity index (χ2n) is 5.50. The van der Waals surface area contributed by atoms with Crippen LogP contribution in [0.3, 0.4) is 0 Å². The van der Waals surface area contributed by atoms with Gasteiger partial charge in [-0.1, -0.05) is 13.3 Å². The molecule has 2 aliphatic rings. The van der Waals surface area contributed by atoms with Crippen LogP contribution in [0.1, 0.15) is 45.4 Å². The Labute approximate surface area is 109 Å². The molecule has 4 heteroatoms. The monoisotopic (exact) mass is 255 g/mol. The van der Waals surface area contributed by atoms with Gasteiger partial charge in [-0.2, -0.15) is 0 Å². The first-order valence-corrected chi connectivity index (χ1v) is 7.26. The molecule has 0 aromatic heterocycles. The fourth-order valence-electron chi connectivity index (χ4n) is 3.01. The molecule has 0 aliphatic carbocycles. The number of nitrogens with one attached hydrogen (secondary N) is 1. The van der Waals surface area contributed by atoms with Gasteiger partial charge in [-0.15, -0.1) is 0 Å². The molecule has 18 heavy (non-hydrogen) atoms. The lowest BCUT2D eigenvalue weighted by molar-refractivity contribution is -0.168. The van der Waals surface area contributed by atoms with E-state index in [1.54, 1.807) is 0 Å². The highest BCUT2D eigenvalue weighted by molar-refractivity contribution is 5.77. The van der Waals surface area contributed by atoms with Crippen LogP contribution in [-0.2, 0) is 14.3 Å². The highest BCUT2D eigenvalue weighted by Gasteiger charge is 2.41. The Bertz CT molecular complexity index is 263. The molecule has 0 aromatic carbocycles. The largest absolute Gasteiger partial charge is 0.462 e. The molecule has 0 bridgehead atoms. The van der Waals surface area contributed by atoms with Gasteiger partial charge in [-0.3, -0.25) is 4.79 Å². The molecule has 2 saturated heterocycles. The van der Waals surface area contributed by atoms with Crippen LogP contribution < -0.4 is 5.32 Å². The SMILES string of the molecule is CCCC1(C(=O)OC2CCOCC2)CCNCC1.